The van der Waals surface area contributed by atoms with E-state index in [-0.39, 0.29) is 6.23 Å². The highest BCUT2D eigenvalue weighted by molar-refractivity contribution is 5.87. The summed E-state index contributed by atoms with van der Waals surface area (Å²) < 4.78 is 13.3. The molecule has 5 nitrogen and oxygen atoms in total. The van der Waals surface area contributed by atoms with Gasteiger partial charge in [-0.1, -0.05) is 6.08 Å². The second kappa shape index (κ2) is 6.15. The van der Waals surface area contributed by atoms with Gasteiger partial charge in [0.25, 0.3) is 0 Å². The number of aromatic nitrogens is 2. The molecule has 23 heavy (non-hydrogen) atoms. The minimum atomic E-state index is -0.0177. The average Bonchev–Trinajstić information content (AvgIpc) is 3.05. The lowest BCUT2D eigenvalue weighted by molar-refractivity contribution is -0.0366. The molecule has 118 valence electrons. The van der Waals surface area contributed by atoms with E-state index in [1.54, 1.807) is 0 Å². The van der Waals surface area contributed by atoms with Crippen molar-refractivity contribution in [1.29, 1.82) is 5.26 Å². The molecule has 1 aromatic heterocycles. The van der Waals surface area contributed by atoms with Crippen molar-refractivity contribution in [3.63, 3.8) is 0 Å². The Bertz CT molecular complexity index is 794. The molecule has 0 spiro atoms. The van der Waals surface area contributed by atoms with Crippen molar-refractivity contribution in [1.82, 2.24) is 9.78 Å². The normalized spacial score (nSPS) is 21.9. The average molecular weight is 309 g/mol. The summed E-state index contributed by atoms with van der Waals surface area (Å²) in [5.41, 5.74) is 3.70. The summed E-state index contributed by atoms with van der Waals surface area (Å²) in [6.07, 6.45) is 8.14. The summed E-state index contributed by atoms with van der Waals surface area (Å²) >= 11 is 0. The van der Waals surface area contributed by atoms with Crippen LogP contribution in [-0.4, -0.2) is 29.6 Å². The van der Waals surface area contributed by atoms with E-state index in [2.05, 4.69) is 23.3 Å². The minimum Gasteiger partial charge on any atom is -0.376 e. The van der Waals surface area contributed by atoms with Crippen LogP contribution in [-0.2, 0) is 9.47 Å². The monoisotopic (exact) mass is 309 g/mol. The lowest BCUT2D eigenvalue weighted by Gasteiger charge is -2.23. The Balaban J connectivity index is 1.79. The van der Waals surface area contributed by atoms with Crippen LogP contribution in [0.5, 0.6) is 0 Å². The maximum Gasteiger partial charge on any atom is 0.150 e. The van der Waals surface area contributed by atoms with Crippen LogP contribution in [0.15, 0.2) is 24.4 Å². The van der Waals surface area contributed by atoms with E-state index in [1.165, 1.54) is 0 Å². The topological polar surface area (TPSA) is 60.1 Å². The number of nitriles is 1. The number of benzene rings is 1. The third-order valence-electron chi connectivity index (χ3n) is 4.54. The van der Waals surface area contributed by atoms with E-state index in [0.29, 0.717) is 12.2 Å². The second-order valence-corrected chi connectivity index (χ2v) is 6.05. The maximum atomic E-state index is 9.57. The maximum absolute atomic E-state index is 9.57. The van der Waals surface area contributed by atoms with Crippen molar-refractivity contribution in [2.24, 2.45) is 0 Å². The van der Waals surface area contributed by atoms with Gasteiger partial charge in [0.2, 0.25) is 0 Å². The molecule has 0 bridgehead atoms. The zero-order chi connectivity index (χ0) is 15.6. The Morgan fingerprint density at radius 1 is 1.26 bits per heavy atom. The molecule has 4 rings (SSSR count). The smallest absolute Gasteiger partial charge is 0.150 e. The quantitative estimate of drug-likeness (QED) is 0.853. The fourth-order valence-corrected chi connectivity index (χ4v) is 3.34. The molecule has 0 saturated carbocycles. The Morgan fingerprint density at radius 2 is 2.22 bits per heavy atom. The third-order valence-corrected chi connectivity index (χ3v) is 4.54. The summed E-state index contributed by atoms with van der Waals surface area (Å²) in [6, 6.07) is 6.32. The van der Waals surface area contributed by atoms with Crippen molar-refractivity contribution in [3.05, 3.63) is 35.5 Å². The first kappa shape index (κ1) is 14.4. The second-order valence-electron chi connectivity index (χ2n) is 6.05. The number of rotatable bonds is 2. The molecule has 1 atom stereocenters. The Kier molecular flexibility index (Phi) is 3.86. The summed E-state index contributed by atoms with van der Waals surface area (Å²) in [6.45, 7) is 2.10. The van der Waals surface area contributed by atoms with Crippen molar-refractivity contribution < 1.29 is 9.47 Å². The van der Waals surface area contributed by atoms with E-state index in [0.717, 1.165) is 60.9 Å². The van der Waals surface area contributed by atoms with Crippen molar-refractivity contribution >= 4 is 16.5 Å². The predicted molar refractivity (Wildman–Crippen MR) is 86.7 cm³/mol. The first-order valence-corrected chi connectivity index (χ1v) is 8.17. The molecular formula is C18H19N3O2. The van der Waals surface area contributed by atoms with Gasteiger partial charge in [-0.05, 0) is 49.0 Å². The van der Waals surface area contributed by atoms with Crippen LogP contribution in [0.1, 0.15) is 43.0 Å². The molecule has 1 unspecified atom stereocenters. The highest BCUT2D eigenvalue weighted by Gasteiger charge is 2.20. The van der Waals surface area contributed by atoms with Crippen molar-refractivity contribution in [3.8, 4) is 6.07 Å². The molecule has 3 heterocycles. The fraction of sp³-hybridized carbons (Fsp3) is 0.444. The van der Waals surface area contributed by atoms with E-state index in [1.807, 2.05) is 16.9 Å². The minimum absolute atomic E-state index is 0.0177. The van der Waals surface area contributed by atoms with Gasteiger partial charge in [0.05, 0.1) is 36.6 Å². The molecular weight excluding hydrogens is 290 g/mol. The highest BCUT2D eigenvalue weighted by Crippen LogP contribution is 2.30. The summed E-state index contributed by atoms with van der Waals surface area (Å²) in [5, 5.41) is 15.1. The molecule has 0 radical (unpaired) electrons. The summed E-state index contributed by atoms with van der Waals surface area (Å²) in [5.74, 6) is 0. The lowest BCUT2D eigenvalue weighted by Crippen LogP contribution is -2.19. The van der Waals surface area contributed by atoms with Gasteiger partial charge in [-0.15, -0.1) is 0 Å². The summed E-state index contributed by atoms with van der Waals surface area (Å²) in [7, 11) is 0. The number of ether oxygens (including phenoxy) is 2. The Hall–Kier alpha value is -2.16. The predicted octanol–water partition coefficient (Wildman–Crippen LogP) is 3.41. The molecule has 2 aromatic rings. The molecule has 1 fully saturated rings. The van der Waals surface area contributed by atoms with E-state index >= 15 is 0 Å². The van der Waals surface area contributed by atoms with Gasteiger partial charge in [-0.25, -0.2) is 4.68 Å². The Labute approximate surface area is 135 Å². The molecule has 2 aliphatic rings. The van der Waals surface area contributed by atoms with Gasteiger partial charge >= 0.3 is 0 Å². The molecule has 0 aliphatic carbocycles. The first-order valence-electron chi connectivity index (χ1n) is 8.17. The Morgan fingerprint density at radius 3 is 2.96 bits per heavy atom. The van der Waals surface area contributed by atoms with Crippen LogP contribution < -0.4 is 0 Å². The van der Waals surface area contributed by atoms with Gasteiger partial charge in [-0.3, -0.25) is 0 Å². The SMILES string of the molecule is N#Cc1cc2c(cnn2C2CCCCO2)cc1C1=CCCOC1. The van der Waals surface area contributed by atoms with Gasteiger partial charge in [0.1, 0.15) is 0 Å². The molecule has 2 aliphatic heterocycles. The van der Waals surface area contributed by atoms with Crippen LogP contribution in [0, 0.1) is 11.3 Å². The van der Waals surface area contributed by atoms with E-state index in [9.17, 15) is 5.26 Å². The molecule has 1 aromatic carbocycles. The zero-order valence-corrected chi connectivity index (χ0v) is 13.0. The van der Waals surface area contributed by atoms with Crippen molar-refractivity contribution in [2.45, 2.75) is 31.9 Å². The van der Waals surface area contributed by atoms with Crippen LogP contribution in [0.3, 0.4) is 0 Å². The van der Waals surface area contributed by atoms with Gasteiger partial charge < -0.3 is 9.47 Å². The zero-order valence-electron chi connectivity index (χ0n) is 13.0. The number of hydrogen-bond acceptors (Lipinski definition) is 4. The lowest BCUT2D eigenvalue weighted by atomic mass is 9.97. The van der Waals surface area contributed by atoms with Gasteiger partial charge in [0.15, 0.2) is 6.23 Å². The first-order chi connectivity index (χ1) is 11.4. The third kappa shape index (κ3) is 2.65. The van der Waals surface area contributed by atoms with Crippen LogP contribution in [0.4, 0.5) is 0 Å². The largest absolute Gasteiger partial charge is 0.376 e. The standard InChI is InChI=1S/C18H19N3O2/c19-10-14-9-17-15(8-16(14)13-4-3-6-22-12-13)11-20-21(17)18-5-1-2-7-23-18/h4,8-9,11,18H,1-3,5-7,12H2. The summed E-state index contributed by atoms with van der Waals surface area (Å²) in [4.78, 5) is 0. The van der Waals surface area contributed by atoms with E-state index in [4.69, 9.17) is 9.47 Å². The molecule has 0 amide bonds. The molecule has 5 heteroatoms. The van der Waals surface area contributed by atoms with Gasteiger partial charge in [-0.2, -0.15) is 10.4 Å². The number of hydrogen-bond donors (Lipinski definition) is 0. The number of fused-ring (bicyclic) bond motifs is 1. The number of nitrogens with zero attached hydrogens (tertiary/aromatic N) is 3. The van der Waals surface area contributed by atoms with Crippen molar-refractivity contribution in [2.75, 3.05) is 19.8 Å². The van der Waals surface area contributed by atoms with Crippen LogP contribution in [0.25, 0.3) is 16.5 Å². The van der Waals surface area contributed by atoms with Crippen LogP contribution in [0.2, 0.25) is 0 Å². The highest BCUT2D eigenvalue weighted by atomic mass is 16.5. The van der Waals surface area contributed by atoms with Gasteiger partial charge in [0, 0.05) is 12.0 Å². The molecule has 1 saturated heterocycles. The fourth-order valence-electron chi connectivity index (χ4n) is 3.34. The van der Waals surface area contributed by atoms with E-state index < -0.39 is 0 Å². The molecule has 0 N–H and O–H groups in total. The van der Waals surface area contributed by atoms with Crippen LogP contribution >= 0.6 is 0 Å².